The summed E-state index contributed by atoms with van der Waals surface area (Å²) in [5.41, 5.74) is 8.07. The van der Waals surface area contributed by atoms with Gasteiger partial charge < -0.3 is 19.6 Å². The van der Waals surface area contributed by atoms with E-state index in [0.717, 1.165) is 5.56 Å². The number of aromatic nitrogens is 1. The SMILES string of the molecule is COc1ccc(-c2cc(-c3cc4cccc(OC)c4oc3=O)nc(C#N)c2N)cc1. The Balaban J connectivity index is 1.94. The van der Waals surface area contributed by atoms with Crippen molar-refractivity contribution in [2.24, 2.45) is 0 Å². The summed E-state index contributed by atoms with van der Waals surface area (Å²) in [5, 5.41) is 10.2. The van der Waals surface area contributed by atoms with Crippen LogP contribution in [0.5, 0.6) is 11.5 Å². The summed E-state index contributed by atoms with van der Waals surface area (Å²) < 4.78 is 15.9. The fraction of sp³-hybridized carbons (Fsp3) is 0.0870. The number of para-hydroxylation sites is 1. The van der Waals surface area contributed by atoms with Gasteiger partial charge in [0.05, 0.1) is 31.2 Å². The smallest absolute Gasteiger partial charge is 0.345 e. The monoisotopic (exact) mass is 399 g/mol. The van der Waals surface area contributed by atoms with Gasteiger partial charge in [-0.15, -0.1) is 0 Å². The highest BCUT2D eigenvalue weighted by Gasteiger charge is 2.17. The predicted octanol–water partition coefficient (Wildman–Crippen LogP) is 3.99. The molecule has 0 unspecified atom stereocenters. The van der Waals surface area contributed by atoms with E-state index in [2.05, 4.69) is 4.98 Å². The first-order valence-electron chi connectivity index (χ1n) is 9.02. The second-order valence-electron chi connectivity index (χ2n) is 6.48. The number of hydrogen-bond donors (Lipinski definition) is 1. The molecule has 0 bridgehead atoms. The predicted molar refractivity (Wildman–Crippen MR) is 113 cm³/mol. The first-order chi connectivity index (χ1) is 14.5. The highest BCUT2D eigenvalue weighted by Crippen LogP contribution is 2.33. The Bertz CT molecular complexity index is 1350. The zero-order valence-corrected chi connectivity index (χ0v) is 16.3. The van der Waals surface area contributed by atoms with E-state index in [9.17, 15) is 10.1 Å². The number of nitrogens with two attached hydrogens (primary N) is 1. The van der Waals surface area contributed by atoms with Crippen molar-refractivity contribution in [2.45, 2.75) is 0 Å². The molecule has 0 amide bonds. The number of pyridine rings is 1. The summed E-state index contributed by atoms with van der Waals surface area (Å²) >= 11 is 0. The lowest BCUT2D eigenvalue weighted by atomic mass is 10.00. The van der Waals surface area contributed by atoms with Gasteiger partial charge in [0.15, 0.2) is 17.0 Å². The molecule has 30 heavy (non-hydrogen) atoms. The summed E-state index contributed by atoms with van der Waals surface area (Å²) in [6, 6.07) is 17.9. The number of fused-ring (bicyclic) bond motifs is 1. The number of methoxy groups -OCH3 is 2. The van der Waals surface area contributed by atoms with E-state index in [1.807, 2.05) is 18.2 Å². The first-order valence-corrected chi connectivity index (χ1v) is 9.02. The molecule has 0 aliphatic carbocycles. The summed E-state index contributed by atoms with van der Waals surface area (Å²) in [5.74, 6) is 1.15. The Kier molecular flexibility index (Phi) is 4.82. The van der Waals surface area contributed by atoms with Crippen molar-refractivity contribution in [1.29, 1.82) is 5.26 Å². The third kappa shape index (κ3) is 3.20. The van der Waals surface area contributed by atoms with Crippen molar-refractivity contribution in [1.82, 2.24) is 4.98 Å². The molecule has 2 aromatic heterocycles. The van der Waals surface area contributed by atoms with Crippen LogP contribution in [0, 0.1) is 11.3 Å². The molecule has 7 nitrogen and oxygen atoms in total. The van der Waals surface area contributed by atoms with Gasteiger partial charge in [-0.25, -0.2) is 9.78 Å². The molecule has 0 fully saturated rings. The molecule has 4 aromatic rings. The molecule has 2 heterocycles. The molecule has 0 radical (unpaired) electrons. The number of nitrogens with zero attached hydrogens (tertiary/aromatic N) is 2. The van der Waals surface area contributed by atoms with Gasteiger partial charge in [-0.2, -0.15) is 5.26 Å². The highest BCUT2D eigenvalue weighted by atomic mass is 16.5. The van der Waals surface area contributed by atoms with Crippen LogP contribution in [0.15, 0.2) is 63.8 Å². The standard InChI is InChI=1S/C23H17N3O4/c1-28-15-8-6-13(7-9-15)16-11-18(26-19(12-24)21(16)25)17-10-14-4-3-5-20(29-2)22(14)30-23(17)27/h3-11H,25H2,1-2H3. The van der Waals surface area contributed by atoms with Crippen LogP contribution >= 0.6 is 0 Å². The molecule has 0 aliphatic heterocycles. The quantitative estimate of drug-likeness (QED) is 0.516. The van der Waals surface area contributed by atoms with E-state index < -0.39 is 5.63 Å². The van der Waals surface area contributed by atoms with Crippen molar-refractivity contribution in [3.8, 4) is 40.0 Å². The molecule has 7 heteroatoms. The fourth-order valence-electron chi connectivity index (χ4n) is 3.24. The normalized spacial score (nSPS) is 10.6. The van der Waals surface area contributed by atoms with E-state index in [0.29, 0.717) is 33.7 Å². The van der Waals surface area contributed by atoms with E-state index in [1.54, 1.807) is 49.6 Å². The minimum absolute atomic E-state index is 0.0310. The van der Waals surface area contributed by atoms with Crippen LogP contribution in [-0.2, 0) is 0 Å². The topological polar surface area (TPSA) is 111 Å². The lowest BCUT2D eigenvalue weighted by molar-refractivity contribution is 0.407. The van der Waals surface area contributed by atoms with Crippen LogP contribution < -0.4 is 20.8 Å². The molecular weight excluding hydrogens is 382 g/mol. The Morgan fingerprint density at radius 1 is 1.03 bits per heavy atom. The van der Waals surface area contributed by atoms with Crippen LogP contribution in [-0.4, -0.2) is 19.2 Å². The molecule has 0 spiro atoms. The van der Waals surface area contributed by atoms with Crippen LogP contribution in [0.25, 0.3) is 33.4 Å². The summed E-state index contributed by atoms with van der Waals surface area (Å²) in [4.78, 5) is 17.0. The van der Waals surface area contributed by atoms with Gasteiger partial charge in [-0.05, 0) is 35.9 Å². The van der Waals surface area contributed by atoms with E-state index >= 15 is 0 Å². The largest absolute Gasteiger partial charge is 0.497 e. The lowest BCUT2D eigenvalue weighted by Crippen LogP contribution is -2.07. The molecule has 0 aliphatic rings. The molecular formula is C23H17N3O4. The molecule has 0 saturated heterocycles. The van der Waals surface area contributed by atoms with Crippen molar-refractivity contribution < 1.29 is 13.9 Å². The fourth-order valence-corrected chi connectivity index (χ4v) is 3.24. The second-order valence-corrected chi connectivity index (χ2v) is 6.48. The van der Waals surface area contributed by atoms with Gasteiger partial charge in [0, 0.05) is 10.9 Å². The number of nitrogen functional groups attached to an aromatic ring is 1. The van der Waals surface area contributed by atoms with Crippen molar-refractivity contribution >= 4 is 16.7 Å². The Hall–Kier alpha value is -4.31. The van der Waals surface area contributed by atoms with Gasteiger partial charge in [0.2, 0.25) is 0 Å². The molecule has 0 saturated carbocycles. The third-order valence-corrected chi connectivity index (χ3v) is 4.79. The maximum Gasteiger partial charge on any atom is 0.345 e. The summed E-state index contributed by atoms with van der Waals surface area (Å²) in [7, 11) is 3.08. The number of ether oxygens (including phenoxy) is 2. The minimum atomic E-state index is -0.589. The minimum Gasteiger partial charge on any atom is -0.497 e. The number of nitriles is 1. The second kappa shape index (κ2) is 7.60. The first kappa shape index (κ1) is 19.0. The Labute approximate surface area is 171 Å². The number of benzene rings is 2. The average Bonchev–Trinajstić information content (AvgIpc) is 2.78. The van der Waals surface area contributed by atoms with Crippen molar-refractivity contribution in [2.75, 3.05) is 20.0 Å². The summed E-state index contributed by atoms with van der Waals surface area (Å²) in [6.07, 6.45) is 0. The van der Waals surface area contributed by atoms with Crippen molar-refractivity contribution in [3.05, 3.63) is 70.7 Å². The van der Waals surface area contributed by atoms with Gasteiger partial charge in [0.1, 0.15) is 11.8 Å². The van der Waals surface area contributed by atoms with E-state index in [4.69, 9.17) is 19.6 Å². The van der Waals surface area contributed by atoms with E-state index in [1.165, 1.54) is 7.11 Å². The average molecular weight is 399 g/mol. The van der Waals surface area contributed by atoms with E-state index in [-0.39, 0.29) is 16.9 Å². The zero-order chi connectivity index (χ0) is 21.3. The van der Waals surface area contributed by atoms with Crippen LogP contribution in [0.1, 0.15) is 5.69 Å². The van der Waals surface area contributed by atoms with Gasteiger partial charge in [-0.3, -0.25) is 0 Å². The van der Waals surface area contributed by atoms with Crippen molar-refractivity contribution in [3.63, 3.8) is 0 Å². The van der Waals surface area contributed by atoms with Gasteiger partial charge in [0.25, 0.3) is 0 Å². The Morgan fingerprint density at radius 2 is 1.80 bits per heavy atom. The molecule has 148 valence electrons. The van der Waals surface area contributed by atoms with Crippen LogP contribution in [0.3, 0.4) is 0 Å². The Morgan fingerprint density at radius 3 is 2.47 bits per heavy atom. The lowest BCUT2D eigenvalue weighted by Gasteiger charge is -2.11. The zero-order valence-electron chi connectivity index (χ0n) is 16.3. The molecule has 0 atom stereocenters. The molecule has 4 rings (SSSR count). The number of hydrogen-bond acceptors (Lipinski definition) is 7. The van der Waals surface area contributed by atoms with Gasteiger partial charge >= 0.3 is 5.63 Å². The summed E-state index contributed by atoms with van der Waals surface area (Å²) in [6.45, 7) is 0. The molecule has 2 N–H and O–H groups in total. The van der Waals surface area contributed by atoms with Crippen LogP contribution in [0.4, 0.5) is 5.69 Å². The highest BCUT2D eigenvalue weighted by molar-refractivity contribution is 5.88. The van der Waals surface area contributed by atoms with Gasteiger partial charge in [-0.1, -0.05) is 24.3 Å². The number of rotatable bonds is 4. The molecule has 2 aromatic carbocycles. The van der Waals surface area contributed by atoms with Crippen LogP contribution in [0.2, 0.25) is 0 Å². The number of anilines is 1. The third-order valence-electron chi connectivity index (χ3n) is 4.79. The maximum absolute atomic E-state index is 12.7. The maximum atomic E-state index is 12.7.